The molecule has 1 N–H and O–H groups in total. The predicted octanol–water partition coefficient (Wildman–Crippen LogP) is 2.99. The number of benzene rings is 1. The molecule has 0 saturated heterocycles. The molecule has 88 valence electrons. The number of hydrogen-bond acceptors (Lipinski definition) is 1. The van der Waals surface area contributed by atoms with Gasteiger partial charge in [-0.05, 0) is 24.5 Å². The van der Waals surface area contributed by atoms with Crippen LogP contribution in [0.4, 0.5) is 0 Å². The third-order valence-corrected chi connectivity index (χ3v) is 3.01. The molecule has 16 heavy (non-hydrogen) atoms. The van der Waals surface area contributed by atoms with Crippen molar-refractivity contribution in [3.05, 3.63) is 35.4 Å². The monoisotopic (exact) mass is 239 g/mol. The Bertz CT molecular complexity index is 363. The molecule has 2 nitrogen and oxygen atoms in total. The van der Waals surface area contributed by atoms with Gasteiger partial charge in [0, 0.05) is 17.5 Å². The number of halogens is 1. The second kappa shape index (κ2) is 5.90. The highest BCUT2D eigenvalue weighted by Gasteiger charge is 2.16. The zero-order chi connectivity index (χ0) is 12.1. The molecule has 0 fully saturated rings. The van der Waals surface area contributed by atoms with Crippen molar-refractivity contribution in [2.24, 2.45) is 5.92 Å². The lowest BCUT2D eigenvalue weighted by atomic mass is 10.0. The first-order valence-electron chi connectivity index (χ1n) is 5.48. The molecule has 0 aliphatic carbocycles. The van der Waals surface area contributed by atoms with Gasteiger partial charge in [0.05, 0.1) is 0 Å². The summed E-state index contributed by atoms with van der Waals surface area (Å²) in [6, 6.07) is 7.57. The van der Waals surface area contributed by atoms with Gasteiger partial charge in [-0.3, -0.25) is 4.79 Å². The van der Waals surface area contributed by atoms with E-state index in [1.807, 2.05) is 45.0 Å². The highest BCUT2D eigenvalue weighted by molar-refractivity contribution is 6.18. The fourth-order valence-corrected chi connectivity index (χ4v) is 1.89. The summed E-state index contributed by atoms with van der Waals surface area (Å²) in [6.45, 7) is 6.02. The van der Waals surface area contributed by atoms with E-state index in [1.54, 1.807) is 0 Å². The molecular formula is C13H18ClNO. The van der Waals surface area contributed by atoms with Crippen LogP contribution in [0.3, 0.4) is 0 Å². The molecule has 0 spiro atoms. The van der Waals surface area contributed by atoms with Gasteiger partial charge in [-0.2, -0.15) is 0 Å². The lowest BCUT2D eigenvalue weighted by Crippen LogP contribution is -2.40. The minimum Gasteiger partial charge on any atom is -0.348 e. The second-order valence-electron chi connectivity index (χ2n) is 4.29. The van der Waals surface area contributed by atoms with Crippen molar-refractivity contribution in [3.63, 3.8) is 0 Å². The van der Waals surface area contributed by atoms with E-state index in [4.69, 9.17) is 11.6 Å². The Morgan fingerprint density at radius 2 is 2.00 bits per heavy atom. The van der Waals surface area contributed by atoms with Crippen LogP contribution in [0, 0.1) is 12.8 Å². The normalized spacial score (nSPS) is 12.6. The van der Waals surface area contributed by atoms with E-state index in [2.05, 4.69) is 5.32 Å². The lowest BCUT2D eigenvalue weighted by Gasteiger charge is -2.20. The maximum absolute atomic E-state index is 12.0. The van der Waals surface area contributed by atoms with Gasteiger partial charge in [-0.25, -0.2) is 0 Å². The Morgan fingerprint density at radius 3 is 2.50 bits per heavy atom. The Kier molecular flexibility index (Phi) is 4.81. The van der Waals surface area contributed by atoms with Crippen LogP contribution in [-0.4, -0.2) is 17.8 Å². The number of alkyl halides is 1. The Balaban J connectivity index is 2.76. The van der Waals surface area contributed by atoms with Crippen molar-refractivity contribution in [1.29, 1.82) is 0 Å². The van der Waals surface area contributed by atoms with Gasteiger partial charge in [0.15, 0.2) is 0 Å². The number of aryl methyl sites for hydroxylation is 1. The number of carbonyl (C=O) groups excluding carboxylic acids is 1. The van der Waals surface area contributed by atoms with Crippen molar-refractivity contribution in [1.82, 2.24) is 5.32 Å². The molecule has 1 amide bonds. The molecule has 3 heteroatoms. The molecule has 1 aromatic rings. The fourth-order valence-electron chi connectivity index (χ4n) is 1.46. The van der Waals surface area contributed by atoms with Crippen molar-refractivity contribution in [2.75, 3.05) is 5.88 Å². The fraction of sp³-hybridized carbons (Fsp3) is 0.462. The van der Waals surface area contributed by atoms with Crippen LogP contribution < -0.4 is 5.32 Å². The molecule has 0 heterocycles. The third-order valence-electron chi connectivity index (χ3n) is 2.68. The van der Waals surface area contributed by atoms with Crippen molar-refractivity contribution >= 4 is 17.5 Å². The van der Waals surface area contributed by atoms with Crippen molar-refractivity contribution in [2.45, 2.75) is 26.8 Å². The van der Waals surface area contributed by atoms with E-state index in [0.717, 1.165) is 11.1 Å². The SMILES string of the molecule is Cc1ccccc1C(=O)NC(CCl)C(C)C. The molecular weight excluding hydrogens is 222 g/mol. The maximum atomic E-state index is 12.0. The number of hydrogen-bond donors (Lipinski definition) is 1. The maximum Gasteiger partial charge on any atom is 0.251 e. The first-order valence-corrected chi connectivity index (χ1v) is 6.02. The standard InChI is InChI=1S/C13H18ClNO/c1-9(2)12(8-14)15-13(16)11-7-5-4-6-10(11)3/h4-7,9,12H,8H2,1-3H3,(H,15,16). The van der Waals surface area contributed by atoms with Gasteiger partial charge in [0.2, 0.25) is 0 Å². The van der Waals surface area contributed by atoms with Gasteiger partial charge in [-0.15, -0.1) is 11.6 Å². The van der Waals surface area contributed by atoms with Crippen LogP contribution in [0.2, 0.25) is 0 Å². The number of rotatable bonds is 4. The molecule has 0 radical (unpaired) electrons. The van der Waals surface area contributed by atoms with E-state index in [0.29, 0.717) is 11.8 Å². The minimum atomic E-state index is -0.0440. The van der Waals surface area contributed by atoms with E-state index >= 15 is 0 Å². The van der Waals surface area contributed by atoms with Gasteiger partial charge < -0.3 is 5.32 Å². The summed E-state index contributed by atoms with van der Waals surface area (Å²) in [5, 5.41) is 2.95. The summed E-state index contributed by atoms with van der Waals surface area (Å²) < 4.78 is 0. The third kappa shape index (κ3) is 3.24. The predicted molar refractivity (Wildman–Crippen MR) is 68.0 cm³/mol. The van der Waals surface area contributed by atoms with Crippen LogP contribution in [0.1, 0.15) is 29.8 Å². The first-order chi connectivity index (χ1) is 7.56. The Labute approximate surface area is 102 Å². The molecule has 1 aromatic carbocycles. The second-order valence-corrected chi connectivity index (χ2v) is 4.60. The highest BCUT2D eigenvalue weighted by atomic mass is 35.5. The molecule has 0 saturated carbocycles. The van der Waals surface area contributed by atoms with Crippen molar-refractivity contribution in [3.8, 4) is 0 Å². The number of amides is 1. The average Bonchev–Trinajstić information content (AvgIpc) is 2.25. The Hall–Kier alpha value is -1.02. The average molecular weight is 240 g/mol. The van der Waals surface area contributed by atoms with E-state index in [-0.39, 0.29) is 11.9 Å². The van der Waals surface area contributed by atoms with Crippen molar-refractivity contribution < 1.29 is 4.79 Å². The topological polar surface area (TPSA) is 29.1 Å². The van der Waals surface area contributed by atoms with Gasteiger partial charge >= 0.3 is 0 Å². The minimum absolute atomic E-state index is 0.0220. The van der Waals surface area contributed by atoms with E-state index < -0.39 is 0 Å². The molecule has 1 rings (SSSR count). The Morgan fingerprint density at radius 1 is 1.38 bits per heavy atom. The van der Waals surface area contributed by atoms with E-state index in [1.165, 1.54) is 0 Å². The summed E-state index contributed by atoms with van der Waals surface area (Å²) in [7, 11) is 0. The summed E-state index contributed by atoms with van der Waals surface area (Å²) >= 11 is 5.82. The quantitative estimate of drug-likeness (QED) is 0.805. The van der Waals surface area contributed by atoms with Crippen LogP contribution in [0.5, 0.6) is 0 Å². The molecule has 0 aliphatic heterocycles. The zero-order valence-corrected chi connectivity index (χ0v) is 10.7. The molecule has 1 atom stereocenters. The van der Waals surface area contributed by atoms with Crippen LogP contribution in [0.15, 0.2) is 24.3 Å². The summed E-state index contributed by atoms with van der Waals surface area (Å²) in [4.78, 5) is 12.0. The summed E-state index contributed by atoms with van der Waals surface area (Å²) in [5.74, 6) is 0.734. The van der Waals surface area contributed by atoms with Gasteiger partial charge in [0.25, 0.3) is 5.91 Å². The van der Waals surface area contributed by atoms with Gasteiger partial charge in [0.1, 0.15) is 0 Å². The smallest absolute Gasteiger partial charge is 0.251 e. The van der Waals surface area contributed by atoms with Crippen LogP contribution >= 0.6 is 11.6 Å². The highest BCUT2D eigenvalue weighted by Crippen LogP contribution is 2.09. The van der Waals surface area contributed by atoms with E-state index in [9.17, 15) is 4.79 Å². The molecule has 1 unspecified atom stereocenters. The van der Waals surface area contributed by atoms with Gasteiger partial charge in [-0.1, -0.05) is 32.0 Å². The van der Waals surface area contributed by atoms with Crippen LogP contribution in [-0.2, 0) is 0 Å². The summed E-state index contributed by atoms with van der Waals surface area (Å²) in [6.07, 6.45) is 0. The number of nitrogens with one attached hydrogen (secondary N) is 1. The lowest BCUT2D eigenvalue weighted by molar-refractivity contribution is 0.0930. The molecule has 0 aliphatic rings. The molecule has 0 aromatic heterocycles. The largest absolute Gasteiger partial charge is 0.348 e. The first kappa shape index (κ1) is 13.0. The summed E-state index contributed by atoms with van der Waals surface area (Å²) in [5.41, 5.74) is 1.70. The zero-order valence-electron chi connectivity index (χ0n) is 9.96. The van der Waals surface area contributed by atoms with Crippen LogP contribution in [0.25, 0.3) is 0 Å². The molecule has 0 bridgehead atoms. The number of carbonyl (C=O) groups is 1.